The van der Waals surface area contributed by atoms with Gasteiger partial charge in [-0.3, -0.25) is 0 Å². The lowest BCUT2D eigenvalue weighted by Gasteiger charge is -2.55. The zero-order chi connectivity index (χ0) is 15.4. The lowest BCUT2D eigenvalue weighted by molar-refractivity contribution is -0.0564. The van der Waals surface area contributed by atoms with Crippen molar-refractivity contribution in [2.24, 2.45) is 0 Å². The first kappa shape index (κ1) is 14.5. The first-order chi connectivity index (χ1) is 10.6. The predicted octanol–water partition coefficient (Wildman–Crippen LogP) is 3.31. The van der Waals surface area contributed by atoms with Gasteiger partial charge in [-0.1, -0.05) is 37.1 Å². The number of benzene rings is 1. The van der Waals surface area contributed by atoms with Gasteiger partial charge in [0.2, 0.25) is 0 Å². The molecule has 1 aromatic carbocycles. The summed E-state index contributed by atoms with van der Waals surface area (Å²) in [6.45, 7) is 0.959. The highest BCUT2D eigenvalue weighted by atomic mass is 16.3. The molecule has 0 saturated heterocycles. The van der Waals surface area contributed by atoms with E-state index >= 15 is 0 Å². The van der Waals surface area contributed by atoms with Crippen molar-refractivity contribution < 1.29 is 5.11 Å². The van der Waals surface area contributed by atoms with Crippen molar-refractivity contribution in [2.45, 2.75) is 56.0 Å². The number of aryl methyl sites for hydroxylation is 1. The second-order valence-electron chi connectivity index (χ2n) is 7.85. The molecule has 1 saturated carbocycles. The number of hydrogen-bond donors (Lipinski definition) is 1. The Morgan fingerprint density at radius 2 is 1.86 bits per heavy atom. The van der Waals surface area contributed by atoms with Gasteiger partial charge in [0.05, 0.1) is 5.60 Å². The zero-order valence-electron chi connectivity index (χ0n) is 13.9. The van der Waals surface area contributed by atoms with Crippen LogP contribution in [0, 0.1) is 0 Å². The predicted molar refractivity (Wildman–Crippen MR) is 91.2 cm³/mol. The lowest BCUT2D eigenvalue weighted by atomic mass is 9.52. The summed E-state index contributed by atoms with van der Waals surface area (Å²) in [5.41, 5.74) is 5.27. The molecule has 3 aliphatic rings. The van der Waals surface area contributed by atoms with E-state index in [-0.39, 0.29) is 5.41 Å². The maximum absolute atomic E-state index is 11.5. The van der Waals surface area contributed by atoms with E-state index in [1.807, 2.05) is 0 Å². The summed E-state index contributed by atoms with van der Waals surface area (Å²) in [6.07, 6.45) is 12.2. The lowest BCUT2D eigenvalue weighted by Crippen LogP contribution is -2.62. The highest BCUT2D eigenvalue weighted by molar-refractivity contribution is 5.68. The molecule has 4 rings (SSSR count). The van der Waals surface area contributed by atoms with E-state index in [1.54, 1.807) is 0 Å². The molecule has 0 aromatic heterocycles. The van der Waals surface area contributed by atoms with Gasteiger partial charge in [0.1, 0.15) is 0 Å². The van der Waals surface area contributed by atoms with Crippen molar-refractivity contribution in [2.75, 3.05) is 20.6 Å². The van der Waals surface area contributed by atoms with Gasteiger partial charge in [0, 0.05) is 12.0 Å². The van der Waals surface area contributed by atoms with Crippen LogP contribution in [0.25, 0.3) is 6.08 Å². The van der Waals surface area contributed by atoms with Crippen LogP contribution < -0.4 is 0 Å². The van der Waals surface area contributed by atoms with Gasteiger partial charge in [-0.25, -0.2) is 0 Å². The SMILES string of the molecule is CN(C)CC1(C2(O)CCCC2)Cc2ccc3c(c21)C=CCC3. The molecule has 0 radical (unpaired) electrons. The molecule has 0 bridgehead atoms. The first-order valence-corrected chi connectivity index (χ1v) is 8.75. The van der Waals surface area contributed by atoms with Crippen molar-refractivity contribution in [3.63, 3.8) is 0 Å². The molecule has 118 valence electrons. The van der Waals surface area contributed by atoms with Gasteiger partial charge in [0.25, 0.3) is 0 Å². The van der Waals surface area contributed by atoms with E-state index in [2.05, 4.69) is 43.3 Å². The summed E-state index contributed by atoms with van der Waals surface area (Å²) < 4.78 is 0. The van der Waals surface area contributed by atoms with E-state index in [9.17, 15) is 5.11 Å². The number of rotatable bonds is 3. The molecule has 0 amide bonds. The highest BCUT2D eigenvalue weighted by Gasteiger charge is 2.59. The van der Waals surface area contributed by atoms with Gasteiger partial charge < -0.3 is 10.0 Å². The molecule has 1 N–H and O–H groups in total. The summed E-state index contributed by atoms with van der Waals surface area (Å²) in [4.78, 5) is 2.27. The van der Waals surface area contributed by atoms with Gasteiger partial charge in [0.15, 0.2) is 0 Å². The summed E-state index contributed by atoms with van der Waals surface area (Å²) in [5.74, 6) is 0. The van der Waals surface area contributed by atoms with Crippen LogP contribution in [0.1, 0.15) is 54.4 Å². The van der Waals surface area contributed by atoms with Crippen LogP contribution in [0.5, 0.6) is 0 Å². The molecule has 3 aliphatic carbocycles. The normalized spacial score (nSPS) is 28.4. The molecule has 22 heavy (non-hydrogen) atoms. The number of fused-ring (bicyclic) bond motifs is 3. The van der Waals surface area contributed by atoms with Crippen LogP contribution >= 0.6 is 0 Å². The summed E-state index contributed by atoms with van der Waals surface area (Å²) >= 11 is 0. The molecular formula is C20H27NO. The van der Waals surface area contributed by atoms with Crippen LogP contribution in [0.2, 0.25) is 0 Å². The third-order valence-electron chi connectivity index (χ3n) is 6.17. The van der Waals surface area contributed by atoms with Crippen molar-refractivity contribution in [1.82, 2.24) is 4.90 Å². The third-order valence-corrected chi connectivity index (χ3v) is 6.17. The van der Waals surface area contributed by atoms with Crippen LogP contribution in [0.3, 0.4) is 0 Å². The molecule has 1 atom stereocenters. The minimum Gasteiger partial charge on any atom is -0.389 e. The highest BCUT2D eigenvalue weighted by Crippen LogP contribution is 2.56. The Labute approximate surface area is 133 Å². The number of likely N-dealkylation sites (N-methyl/N-ethyl adjacent to an activating group) is 1. The van der Waals surface area contributed by atoms with Crippen LogP contribution in [-0.2, 0) is 18.3 Å². The Bertz CT molecular complexity index is 625. The number of nitrogens with zero attached hydrogens (tertiary/aromatic N) is 1. The quantitative estimate of drug-likeness (QED) is 0.925. The average Bonchev–Trinajstić information content (AvgIpc) is 2.91. The smallest absolute Gasteiger partial charge is 0.0759 e. The maximum Gasteiger partial charge on any atom is 0.0759 e. The van der Waals surface area contributed by atoms with Crippen molar-refractivity contribution >= 4 is 6.08 Å². The molecule has 0 heterocycles. The minimum absolute atomic E-state index is 0.0602. The molecular weight excluding hydrogens is 270 g/mol. The maximum atomic E-state index is 11.5. The number of hydrogen-bond acceptors (Lipinski definition) is 2. The van der Waals surface area contributed by atoms with E-state index < -0.39 is 5.60 Å². The fourth-order valence-electron chi connectivity index (χ4n) is 5.23. The Balaban J connectivity index is 1.87. The molecule has 0 spiro atoms. The van der Waals surface area contributed by atoms with Crippen LogP contribution in [-0.4, -0.2) is 36.2 Å². The summed E-state index contributed by atoms with van der Waals surface area (Å²) in [7, 11) is 4.28. The van der Waals surface area contributed by atoms with Crippen molar-refractivity contribution in [3.8, 4) is 0 Å². The number of aliphatic hydroxyl groups is 1. The standard InChI is InChI=1S/C20H27NO/c1-21(2)14-19(20(22)11-5-6-12-20)13-16-10-9-15-7-3-4-8-17(15)18(16)19/h4,8-10,22H,3,5-7,11-14H2,1-2H3. The van der Waals surface area contributed by atoms with Gasteiger partial charge in [-0.05, 0) is 68.5 Å². The monoisotopic (exact) mass is 297 g/mol. The number of allylic oxidation sites excluding steroid dienone is 1. The first-order valence-electron chi connectivity index (χ1n) is 8.75. The van der Waals surface area contributed by atoms with E-state index in [4.69, 9.17) is 0 Å². The molecule has 1 fully saturated rings. The molecule has 2 heteroatoms. The van der Waals surface area contributed by atoms with E-state index in [0.29, 0.717) is 0 Å². The third kappa shape index (κ3) is 1.87. The molecule has 2 nitrogen and oxygen atoms in total. The fraction of sp³-hybridized carbons (Fsp3) is 0.600. The summed E-state index contributed by atoms with van der Waals surface area (Å²) in [6, 6.07) is 4.63. The second kappa shape index (κ2) is 4.94. The Morgan fingerprint density at radius 1 is 1.14 bits per heavy atom. The van der Waals surface area contributed by atoms with Gasteiger partial charge >= 0.3 is 0 Å². The average molecular weight is 297 g/mol. The zero-order valence-corrected chi connectivity index (χ0v) is 13.9. The van der Waals surface area contributed by atoms with Gasteiger partial charge in [-0.15, -0.1) is 0 Å². The molecule has 0 aliphatic heterocycles. The fourth-order valence-corrected chi connectivity index (χ4v) is 5.23. The Hall–Kier alpha value is -1.12. The van der Waals surface area contributed by atoms with Crippen LogP contribution in [0.4, 0.5) is 0 Å². The van der Waals surface area contributed by atoms with Crippen molar-refractivity contribution in [1.29, 1.82) is 0 Å². The van der Waals surface area contributed by atoms with Gasteiger partial charge in [-0.2, -0.15) is 0 Å². The molecule has 1 unspecified atom stereocenters. The van der Waals surface area contributed by atoms with Crippen molar-refractivity contribution in [3.05, 3.63) is 40.5 Å². The Kier molecular flexibility index (Phi) is 3.25. The Morgan fingerprint density at radius 3 is 2.59 bits per heavy atom. The minimum atomic E-state index is -0.509. The second-order valence-corrected chi connectivity index (χ2v) is 7.85. The van der Waals surface area contributed by atoms with E-state index in [1.165, 1.54) is 35.1 Å². The van der Waals surface area contributed by atoms with E-state index in [0.717, 1.165) is 38.6 Å². The summed E-state index contributed by atoms with van der Waals surface area (Å²) in [5, 5.41) is 11.5. The largest absolute Gasteiger partial charge is 0.389 e. The van der Waals surface area contributed by atoms with Crippen LogP contribution in [0.15, 0.2) is 18.2 Å². The molecule has 1 aromatic rings. The topological polar surface area (TPSA) is 23.5 Å².